The van der Waals surface area contributed by atoms with E-state index in [0.717, 1.165) is 25.0 Å². The van der Waals surface area contributed by atoms with E-state index >= 15 is 0 Å². The van der Waals surface area contributed by atoms with Crippen LogP contribution in [0.1, 0.15) is 62.7 Å². The molecule has 0 radical (unpaired) electrons. The first kappa shape index (κ1) is 14.9. The predicted molar refractivity (Wildman–Crippen MR) is 81.2 cm³/mol. The number of hydrogen-bond donors (Lipinski definition) is 1. The van der Waals surface area contributed by atoms with Crippen LogP contribution >= 0.6 is 0 Å². The molecule has 1 aliphatic rings. The van der Waals surface area contributed by atoms with E-state index in [1.54, 1.807) is 0 Å². The van der Waals surface area contributed by atoms with E-state index < -0.39 is 0 Å². The van der Waals surface area contributed by atoms with Crippen molar-refractivity contribution < 1.29 is 9.53 Å². The fourth-order valence-corrected chi connectivity index (χ4v) is 2.52. The minimum absolute atomic E-state index is 0.0363. The lowest BCUT2D eigenvalue weighted by atomic mass is 9.97. The highest BCUT2D eigenvalue weighted by molar-refractivity contribution is 5.97. The molecule has 0 aliphatic heterocycles. The third kappa shape index (κ3) is 3.99. The zero-order chi connectivity index (χ0) is 14.4. The van der Waals surface area contributed by atoms with Crippen LogP contribution in [0.4, 0.5) is 0 Å². The van der Waals surface area contributed by atoms with Crippen LogP contribution in [0.15, 0.2) is 24.3 Å². The molecule has 1 saturated carbocycles. The third-order valence-corrected chi connectivity index (χ3v) is 3.97. The monoisotopic (exact) mass is 275 g/mol. The molecule has 1 amide bonds. The molecule has 0 bridgehead atoms. The van der Waals surface area contributed by atoms with Crippen molar-refractivity contribution in [3.05, 3.63) is 29.8 Å². The molecule has 1 aliphatic carbocycles. The molecule has 0 aromatic heterocycles. The Morgan fingerprint density at radius 2 is 2.00 bits per heavy atom. The minimum atomic E-state index is -0.0363. The molecule has 1 aromatic carbocycles. The Bertz CT molecular complexity index is 438. The van der Waals surface area contributed by atoms with Gasteiger partial charge in [0.2, 0.25) is 0 Å². The van der Waals surface area contributed by atoms with E-state index in [1.165, 1.54) is 19.3 Å². The van der Waals surface area contributed by atoms with Crippen molar-refractivity contribution >= 4 is 5.91 Å². The first-order chi connectivity index (χ1) is 9.70. The Kier molecular flexibility index (Phi) is 5.45. The summed E-state index contributed by atoms with van der Waals surface area (Å²) in [5.74, 6) is 0.686. The Morgan fingerprint density at radius 3 is 2.70 bits per heavy atom. The number of rotatable bonds is 5. The summed E-state index contributed by atoms with van der Waals surface area (Å²) in [5, 5.41) is 3.00. The number of para-hydroxylation sites is 1. The molecule has 1 aromatic rings. The lowest BCUT2D eigenvalue weighted by Gasteiger charge is -2.24. The number of carbonyl (C=O) groups is 1. The number of hydrogen-bond acceptors (Lipinski definition) is 2. The largest absolute Gasteiger partial charge is 0.490 e. The van der Waals surface area contributed by atoms with E-state index in [0.29, 0.717) is 5.56 Å². The van der Waals surface area contributed by atoms with E-state index in [-0.39, 0.29) is 18.1 Å². The van der Waals surface area contributed by atoms with Crippen molar-refractivity contribution in [2.24, 2.45) is 0 Å². The molecule has 0 spiro atoms. The Hall–Kier alpha value is -1.51. The molecule has 1 unspecified atom stereocenters. The second-order valence-electron chi connectivity index (χ2n) is 5.66. The normalized spacial score (nSPS) is 17.5. The van der Waals surface area contributed by atoms with Crippen molar-refractivity contribution in [1.82, 2.24) is 5.32 Å². The Balaban J connectivity index is 2.06. The zero-order valence-electron chi connectivity index (χ0n) is 12.5. The van der Waals surface area contributed by atoms with Gasteiger partial charge in [0.05, 0.1) is 11.7 Å². The molecule has 110 valence electrons. The van der Waals surface area contributed by atoms with E-state index in [9.17, 15) is 4.79 Å². The molecular formula is C17H25NO2. The molecule has 3 nitrogen and oxygen atoms in total. The summed E-state index contributed by atoms with van der Waals surface area (Å²) in [6, 6.07) is 7.75. The Morgan fingerprint density at radius 1 is 1.30 bits per heavy atom. The zero-order valence-corrected chi connectivity index (χ0v) is 12.5. The van der Waals surface area contributed by atoms with Crippen molar-refractivity contribution in [3.8, 4) is 5.75 Å². The second kappa shape index (κ2) is 7.32. The van der Waals surface area contributed by atoms with Crippen LogP contribution in [0.5, 0.6) is 5.75 Å². The van der Waals surface area contributed by atoms with Gasteiger partial charge in [-0.15, -0.1) is 0 Å². The summed E-state index contributed by atoms with van der Waals surface area (Å²) in [7, 11) is 0. The summed E-state index contributed by atoms with van der Waals surface area (Å²) in [6.07, 6.45) is 7.15. The summed E-state index contributed by atoms with van der Waals surface area (Å²) >= 11 is 0. The molecule has 1 atom stereocenters. The highest BCUT2D eigenvalue weighted by atomic mass is 16.5. The maximum absolute atomic E-state index is 12.3. The molecule has 20 heavy (non-hydrogen) atoms. The maximum Gasteiger partial charge on any atom is 0.255 e. The summed E-state index contributed by atoms with van der Waals surface area (Å²) < 4.78 is 6.06. The van der Waals surface area contributed by atoms with E-state index in [1.807, 2.05) is 31.2 Å². The van der Waals surface area contributed by atoms with Gasteiger partial charge in [0.15, 0.2) is 0 Å². The van der Waals surface area contributed by atoms with Gasteiger partial charge in [-0.3, -0.25) is 4.79 Å². The van der Waals surface area contributed by atoms with Gasteiger partial charge in [-0.25, -0.2) is 0 Å². The number of benzene rings is 1. The molecule has 1 N–H and O–H groups in total. The fraction of sp³-hybridized carbons (Fsp3) is 0.588. The summed E-state index contributed by atoms with van der Waals surface area (Å²) in [5.41, 5.74) is 0.651. The van der Waals surface area contributed by atoms with E-state index in [4.69, 9.17) is 4.74 Å². The minimum Gasteiger partial charge on any atom is -0.490 e. The van der Waals surface area contributed by atoms with Gasteiger partial charge in [0.1, 0.15) is 5.75 Å². The number of carbonyl (C=O) groups excluding carboxylic acids is 1. The smallest absolute Gasteiger partial charge is 0.255 e. The van der Waals surface area contributed by atoms with Crippen LogP contribution in [-0.4, -0.2) is 18.1 Å². The third-order valence-electron chi connectivity index (χ3n) is 3.97. The van der Waals surface area contributed by atoms with Crippen LogP contribution < -0.4 is 10.1 Å². The molecule has 0 saturated heterocycles. The van der Waals surface area contributed by atoms with E-state index in [2.05, 4.69) is 12.2 Å². The van der Waals surface area contributed by atoms with Crippen LogP contribution in [-0.2, 0) is 0 Å². The standard InChI is InChI=1S/C17H25NO2/c1-3-13(2)18-17(19)15-11-7-8-12-16(15)20-14-9-5-4-6-10-14/h7-8,11-14H,3-6,9-10H2,1-2H3,(H,18,19). The van der Waals surface area contributed by atoms with Crippen molar-refractivity contribution in [2.75, 3.05) is 0 Å². The van der Waals surface area contributed by atoms with Crippen LogP contribution in [0.3, 0.4) is 0 Å². The maximum atomic E-state index is 12.3. The van der Waals surface area contributed by atoms with Crippen molar-refractivity contribution in [2.45, 2.75) is 64.5 Å². The molecular weight excluding hydrogens is 250 g/mol. The lowest BCUT2D eigenvalue weighted by molar-refractivity contribution is 0.0927. The van der Waals surface area contributed by atoms with Gasteiger partial charge in [0.25, 0.3) is 5.91 Å². The van der Waals surface area contributed by atoms with Gasteiger partial charge in [-0.05, 0) is 51.2 Å². The molecule has 0 heterocycles. The quantitative estimate of drug-likeness (QED) is 0.884. The van der Waals surface area contributed by atoms with Crippen LogP contribution in [0.2, 0.25) is 0 Å². The van der Waals surface area contributed by atoms with Gasteiger partial charge in [-0.2, -0.15) is 0 Å². The average Bonchev–Trinajstić information content (AvgIpc) is 2.48. The van der Waals surface area contributed by atoms with Gasteiger partial charge in [-0.1, -0.05) is 25.5 Å². The summed E-state index contributed by atoms with van der Waals surface area (Å²) in [4.78, 5) is 12.3. The SMILES string of the molecule is CCC(C)NC(=O)c1ccccc1OC1CCCCC1. The number of ether oxygens (including phenoxy) is 1. The Labute approximate surface area is 121 Å². The average molecular weight is 275 g/mol. The summed E-state index contributed by atoms with van der Waals surface area (Å²) in [6.45, 7) is 4.08. The fourth-order valence-electron chi connectivity index (χ4n) is 2.52. The highest BCUT2D eigenvalue weighted by Gasteiger charge is 2.19. The van der Waals surface area contributed by atoms with Gasteiger partial charge < -0.3 is 10.1 Å². The van der Waals surface area contributed by atoms with Crippen LogP contribution in [0.25, 0.3) is 0 Å². The van der Waals surface area contributed by atoms with Gasteiger partial charge >= 0.3 is 0 Å². The topological polar surface area (TPSA) is 38.3 Å². The predicted octanol–water partition coefficient (Wildman–Crippen LogP) is 3.93. The van der Waals surface area contributed by atoms with Crippen molar-refractivity contribution in [1.29, 1.82) is 0 Å². The van der Waals surface area contributed by atoms with Crippen LogP contribution in [0, 0.1) is 0 Å². The van der Waals surface area contributed by atoms with Crippen molar-refractivity contribution in [3.63, 3.8) is 0 Å². The highest BCUT2D eigenvalue weighted by Crippen LogP contribution is 2.26. The molecule has 2 rings (SSSR count). The second-order valence-corrected chi connectivity index (χ2v) is 5.66. The number of nitrogens with one attached hydrogen (secondary N) is 1. The van der Waals surface area contributed by atoms with Gasteiger partial charge in [0, 0.05) is 6.04 Å². The first-order valence-corrected chi connectivity index (χ1v) is 7.77. The molecule has 1 fully saturated rings. The molecule has 3 heteroatoms. The first-order valence-electron chi connectivity index (χ1n) is 7.77. The number of amides is 1. The lowest BCUT2D eigenvalue weighted by Crippen LogP contribution is -2.32.